The van der Waals surface area contributed by atoms with Gasteiger partial charge in [-0.2, -0.15) is 5.10 Å². The standard InChI is InChI=1S/C20H30NO3.C18H21N5S.BrH/c1-14(2)21(3)16-9-10-17(21)12-18(11-16)24-20(23)19(13-22)15-7-5-4-6-8-15;1-2-14-13-9-10-22-17(15-8-5-11-24-15)19-20-18(22)16(13)23(21-14)12-6-3-4-7-12;/h4-8,14,16-19,22H,9-13H2,1-3H3;5,8,11-12H,2-4,6-7,9-10H2,1H3;1H/q+1;;/p-1. The number of carbonyl (C=O) groups is 1. The average Bonchev–Trinajstić information content (AvgIpc) is 3.93. The fourth-order valence-corrected chi connectivity index (χ4v) is 9.75. The summed E-state index contributed by atoms with van der Waals surface area (Å²) in [5.41, 5.74) is 4.72. The molecule has 8 rings (SSSR count). The lowest BCUT2D eigenvalue weighted by Gasteiger charge is -2.49. The van der Waals surface area contributed by atoms with Crippen LogP contribution in [0.1, 0.15) is 101 Å². The fraction of sp³-hybridized carbons (Fsp3) is 0.579. The van der Waals surface area contributed by atoms with Crippen molar-refractivity contribution in [2.75, 3.05) is 13.7 Å². The van der Waals surface area contributed by atoms with Gasteiger partial charge in [0.15, 0.2) is 11.6 Å². The first-order valence-corrected chi connectivity index (χ1v) is 19.0. The number of aliphatic hydroxyl groups is 1. The Bertz CT molecular complexity index is 1680. The molecule has 0 radical (unpaired) electrons. The van der Waals surface area contributed by atoms with Crippen LogP contribution in [-0.2, 0) is 28.9 Å². The van der Waals surface area contributed by atoms with Crippen molar-refractivity contribution < 1.29 is 36.1 Å². The van der Waals surface area contributed by atoms with Crippen molar-refractivity contribution in [3.63, 3.8) is 0 Å². The number of carbonyl (C=O) groups excluding carboxylic acids is 1. The molecule has 264 valence electrons. The van der Waals surface area contributed by atoms with Gasteiger partial charge in [0, 0.05) is 37.8 Å². The minimum absolute atomic E-state index is 0. The molecule has 4 aliphatic rings. The SMILES string of the molecule is CC(C)[N+]1(C)C2CCC1CC(OC(=O)C(CO)c1ccccc1)C2.CCc1nn(C2CCCC2)c2c1CCn1c(-c3cccs3)nnc1-2.[Br-]. The Balaban J connectivity index is 0.000000167. The van der Waals surface area contributed by atoms with Crippen LogP contribution in [0.5, 0.6) is 0 Å². The lowest BCUT2D eigenvalue weighted by Crippen LogP contribution is -3.00. The molecular formula is C38H51BrN6O3S. The normalized spacial score (nSPS) is 24.8. The van der Waals surface area contributed by atoms with Crippen molar-refractivity contribution >= 4 is 17.3 Å². The topological polar surface area (TPSA) is 95.1 Å². The zero-order valence-corrected chi connectivity index (χ0v) is 31.7. The number of rotatable bonds is 8. The number of ether oxygens (including phenoxy) is 1. The number of hydrogen-bond acceptors (Lipinski definition) is 7. The van der Waals surface area contributed by atoms with E-state index in [2.05, 4.69) is 64.8 Å². The molecule has 3 fully saturated rings. The van der Waals surface area contributed by atoms with E-state index >= 15 is 0 Å². The summed E-state index contributed by atoms with van der Waals surface area (Å²) in [7, 11) is 2.37. The summed E-state index contributed by atoms with van der Waals surface area (Å²) < 4.78 is 11.5. The van der Waals surface area contributed by atoms with Gasteiger partial charge in [-0.25, -0.2) is 0 Å². The van der Waals surface area contributed by atoms with Gasteiger partial charge in [0.05, 0.1) is 48.4 Å². The van der Waals surface area contributed by atoms with Gasteiger partial charge in [-0.1, -0.05) is 56.2 Å². The van der Waals surface area contributed by atoms with Crippen LogP contribution in [0.15, 0.2) is 47.8 Å². The third kappa shape index (κ3) is 6.68. The van der Waals surface area contributed by atoms with E-state index in [0.29, 0.717) is 24.2 Å². The third-order valence-electron chi connectivity index (χ3n) is 11.9. The van der Waals surface area contributed by atoms with Crippen molar-refractivity contribution in [2.45, 2.75) is 128 Å². The van der Waals surface area contributed by atoms with Crippen LogP contribution < -0.4 is 17.0 Å². The van der Waals surface area contributed by atoms with Gasteiger partial charge in [0.1, 0.15) is 17.7 Å². The first-order chi connectivity index (χ1) is 23.3. The van der Waals surface area contributed by atoms with Crippen LogP contribution in [0.4, 0.5) is 0 Å². The predicted octanol–water partition coefficient (Wildman–Crippen LogP) is 3.96. The molecule has 3 aliphatic heterocycles. The van der Waals surface area contributed by atoms with Gasteiger partial charge in [0.25, 0.3) is 0 Å². The number of esters is 1. The van der Waals surface area contributed by atoms with Gasteiger partial charge in [-0.15, -0.1) is 21.5 Å². The highest BCUT2D eigenvalue weighted by atomic mass is 79.9. The van der Waals surface area contributed by atoms with Crippen LogP contribution in [-0.4, -0.2) is 78.0 Å². The van der Waals surface area contributed by atoms with E-state index in [0.717, 1.165) is 53.9 Å². The number of hydrogen-bond donors (Lipinski definition) is 1. The summed E-state index contributed by atoms with van der Waals surface area (Å²) in [6.07, 6.45) is 11.5. The second kappa shape index (κ2) is 15.2. The Morgan fingerprint density at radius 2 is 1.71 bits per heavy atom. The molecule has 3 aromatic heterocycles. The first kappa shape index (κ1) is 35.9. The van der Waals surface area contributed by atoms with Gasteiger partial charge >= 0.3 is 5.97 Å². The number of piperidine rings is 1. The van der Waals surface area contributed by atoms with Gasteiger partial charge in [-0.3, -0.25) is 9.48 Å². The van der Waals surface area contributed by atoms with Crippen molar-refractivity contribution in [1.82, 2.24) is 24.5 Å². The number of nitrogens with zero attached hydrogens (tertiary/aromatic N) is 6. The smallest absolute Gasteiger partial charge is 0.316 e. The Morgan fingerprint density at radius 3 is 2.33 bits per heavy atom. The molecule has 1 saturated carbocycles. The van der Waals surface area contributed by atoms with Crippen LogP contribution >= 0.6 is 11.3 Å². The number of fused-ring (bicyclic) bond motifs is 5. The van der Waals surface area contributed by atoms with E-state index in [1.54, 1.807) is 11.3 Å². The average molecular weight is 752 g/mol. The maximum Gasteiger partial charge on any atom is 0.316 e. The number of thiophene rings is 1. The molecule has 9 nitrogen and oxygen atoms in total. The second-order valence-corrected chi connectivity index (χ2v) is 15.6. The summed E-state index contributed by atoms with van der Waals surface area (Å²) >= 11 is 1.73. The Morgan fingerprint density at radius 1 is 1.02 bits per heavy atom. The molecule has 6 heterocycles. The van der Waals surface area contributed by atoms with Crippen LogP contribution in [0.3, 0.4) is 0 Å². The first-order valence-electron chi connectivity index (χ1n) is 18.1. The van der Waals surface area contributed by atoms with Crippen molar-refractivity contribution in [2.24, 2.45) is 0 Å². The largest absolute Gasteiger partial charge is 1.00 e. The van der Waals surface area contributed by atoms with Crippen molar-refractivity contribution in [1.29, 1.82) is 0 Å². The van der Waals surface area contributed by atoms with Crippen LogP contribution in [0, 0.1) is 0 Å². The maximum absolute atomic E-state index is 12.6. The maximum atomic E-state index is 12.6. The minimum atomic E-state index is -0.572. The second-order valence-electron chi connectivity index (χ2n) is 14.6. The molecule has 11 heteroatoms. The summed E-state index contributed by atoms with van der Waals surface area (Å²) in [5.74, 6) is 1.16. The monoisotopic (exact) mass is 750 g/mol. The fourth-order valence-electron chi connectivity index (χ4n) is 9.03. The van der Waals surface area contributed by atoms with E-state index < -0.39 is 5.92 Å². The van der Waals surface area contributed by atoms with E-state index in [4.69, 9.17) is 9.84 Å². The third-order valence-corrected chi connectivity index (χ3v) is 12.8. The zero-order valence-electron chi connectivity index (χ0n) is 29.3. The van der Waals surface area contributed by atoms with E-state index in [9.17, 15) is 9.90 Å². The summed E-state index contributed by atoms with van der Waals surface area (Å²) in [6.45, 7) is 7.55. The highest BCUT2D eigenvalue weighted by Crippen LogP contribution is 2.44. The quantitative estimate of drug-likeness (QED) is 0.217. The Hall–Kier alpha value is -2.86. The molecule has 0 spiro atoms. The number of halogens is 1. The summed E-state index contributed by atoms with van der Waals surface area (Å²) in [6, 6.07) is 16.0. The van der Waals surface area contributed by atoms with E-state index in [1.165, 1.54) is 60.4 Å². The lowest BCUT2D eigenvalue weighted by molar-refractivity contribution is -0.968. The molecule has 1 aliphatic carbocycles. The van der Waals surface area contributed by atoms with Gasteiger partial charge in [-0.05, 0) is 56.5 Å². The molecule has 3 atom stereocenters. The Kier molecular flexibility index (Phi) is 11.1. The number of aryl methyl sites for hydroxylation is 1. The molecule has 1 aromatic carbocycles. The Labute approximate surface area is 305 Å². The predicted molar refractivity (Wildman–Crippen MR) is 189 cm³/mol. The summed E-state index contributed by atoms with van der Waals surface area (Å²) in [4.78, 5) is 13.8. The van der Waals surface area contributed by atoms with Crippen LogP contribution in [0.2, 0.25) is 0 Å². The molecule has 49 heavy (non-hydrogen) atoms. The molecular weight excluding hydrogens is 700 g/mol. The number of aliphatic hydroxyl groups excluding tert-OH is 1. The highest BCUT2D eigenvalue weighted by molar-refractivity contribution is 7.13. The summed E-state index contributed by atoms with van der Waals surface area (Å²) in [5, 5.41) is 25.9. The van der Waals surface area contributed by atoms with Gasteiger partial charge < -0.3 is 35.9 Å². The van der Waals surface area contributed by atoms with E-state index in [1.807, 2.05) is 30.3 Å². The van der Waals surface area contributed by atoms with E-state index in [-0.39, 0.29) is 35.7 Å². The minimum Gasteiger partial charge on any atom is -1.00 e. The molecule has 4 aromatic rings. The lowest BCUT2D eigenvalue weighted by atomic mass is 9.94. The van der Waals surface area contributed by atoms with Crippen molar-refractivity contribution in [3.05, 3.63) is 64.7 Å². The number of aromatic nitrogens is 5. The molecule has 2 bridgehead atoms. The van der Waals surface area contributed by atoms with Gasteiger partial charge in [0.2, 0.25) is 0 Å². The molecule has 3 unspecified atom stereocenters. The van der Waals surface area contributed by atoms with Crippen LogP contribution in [0.25, 0.3) is 22.2 Å². The van der Waals surface area contributed by atoms with Crippen molar-refractivity contribution in [3.8, 4) is 22.2 Å². The highest BCUT2D eigenvalue weighted by Gasteiger charge is 2.54. The molecule has 1 N–H and O–H groups in total. The molecule has 0 amide bonds. The number of benzene rings is 1. The zero-order chi connectivity index (χ0) is 33.4. The number of quaternary nitrogens is 1. The molecule has 2 saturated heterocycles.